The van der Waals surface area contributed by atoms with Gasteiger partial charge >= 0.3 is 0 Å². The second-order valence-electron chi connectivity index (χ2n) is 7.13. The van der Waals surface area contributed by atoms with Gasteiger partial charge in [-0.1, -0.05) is 56.3 Å². The number of hydrogen-bond donors (Lipinski definition) is 1. The molecular weight excluding hydrogens is 358 g/mol. The van der Waals surface area contributed by atoms with E-state index in [1.807, 2.05) is 39.0 Å². The van der Waals surface area contributed by atoms with E-state index >= 15 is 0 Å². The molecule has 0 saturated carbocycles. The molecule has 0 aliphatic rings. The highest BCUT2D eigenvalue weighted by atomic mass is 32.2. The van der Waals surface area contributed by atoms with Crippen LogP contribution in [-0.4, -0.2) is 32.0 Å². The number of rotatable bonds is 8. The van der Waals surface area contributed by atoms with Crippen molar-refractivity contribution in [1.29, 1.82) is 5.26 Å². The van der Waals surface area contributed by atoms with Gasteiger partial charge in [0.15, 0.2) is 11.0 Å². The summed E-state index contributed by atoms with van der Waals surface area (Å²) in [6, 6.07) is 10.3. The van der Waals surface area contributed by atoms with Crippen LogP contribution >= 0.6 is 11.8 Å². The maximum Gasteiger partial charge on any atom is 0.231 e. The van der Waals surface area contributed by atoms with Crippen molar-refractivity contribution in [1.82, 2.24) is 20.1 Å². The third-order valence-corrected chi connectivity index (χ3v) is 5.53. The molecular formula is C20H27N5OS. The fraction of sp³-hybridized carbons (Fsp3) is 0.500. The van der Waals surface area contributed by atoms with Crippen molar-refractivity contribution in [2.24, 2.45) is 5.92 Å². The van der Waals surface area contributed by atoms with Gasteiger partial charge in [-0.3, -0.25) is 4.79 Å². The highest BCUT2D eigenvalue weighted by Gasteiger charge is 2.30. The Balaban J connectivity index is 2.15. The zero-order valence-electron chi connectivity index (χ0n) is 16.6. The minimum absolute atomic E-state index is 0.0214. The number of hydrogen-bond acceptors (Lipinski definition) is 5. The Hall–Kier alpha value is -2.33. The van der Waals surface area contributed by atoms with E-state index in [1.165, 1.54) is 11.8 Å². The summed E-state index contributed by atoms with van der Waals surface area (Å²) >= 11 is 1.35. The fourth-order valence-corrected chi connectivity index (χ4v) is 3.34. The lowest BCUT2D eigenvalue weighted by atomic mass is 9.90. The summed E-state index contributed by atoms with van der Waals surface area (Å²) in [4.78, 5) is 12.3. The lowest BCUT2D eigenvalue weighted by Gasteiger charge is -2.27. The molecule has 1 atom stereocenters. The molecule has 1 N–H and O–H groups in total. The normalized spacial score (nSPS) is 13.2. The Bertz CT molecular complexity index is 839. The number of aromatic nitrogens is 3. The van der Waals surface area contributed by atoms with Crippen molar-refractivity contribution in [3.8, 4) is 17.5 Å². The number of benzene rings is 1. The van der Waals surface area contributed by atoms with Crippen LogP contribution in [0.3, 0.4) is 0 Å². The van der Waals surface area contributed by atoms with Crippen LogP contribution in [0.4, 0.5) is 0 Å². The van der Waals surface area contributed by atoms with E-state index in [0.29, 0.717) is 5.16 Å². The molecule has 0 unspecified atom stereocenters. The third-order valence-electron chi connectivity index (χ3n) is 4.56. The Morgan fingerprint density at radius 3 is 2.74 bits per heavy atom. The summed E-state index contributed by atoms with van der Waals surface area (Å²) < 4.78 is 2.05. The SMILES string of the molecule is CCCn1c(SCC(=O)N[C@@](C)(C#N)C(C)C)nnc1-c1cccc(C)c1. The van der Waals surface area contributed by atoms with Gasteiger partial charge in [-0.2, -0.15) is 5.26 Å². The van der Waals surface area contributed by atoms with Crippen molar-refractivity contribution in [3.63, 3.8) is 0 Å². The lowest BCUT2D eigenvalue weighted by molar-refractivity contribution is -0.120. The molecule has 0 fully saturated rings. The van der Waals surface area contributed by atoms with Crippen LogP contribution in [0.1, 0.15) is 39.7 Å². The van der Waals surface area contributed by atoms with E-state index < -0.39 is 5.54 Å². The topological polar surface area (TPSA) is 83.6 Å². The van der Waals surface area contributed by atoms with Crippen molar-refractivity contribution in [3.05, 3.63) is 29.8 Å². The summed E-state index contributed by atoms with van der Waals surface area (Å²) in [5.41, 5.74) is 1.31. The first-order chi connectivity index (χ1) is 12.8. The van der Waals surface area contributed by atoms with Crippen LogP contribution in [0, 0.1) is 24.2 Å². The highest BCUT2D eigenvalue weighted by molar-refractivity contribution is 7.99. The molecule has 0 spiro atoms. The number of carbonyl (C=O) groups excluding carboxylic acids is 1. The van der Waals surface area contributed by atoms with E-state index in [-0.39, 0.29) is 17.6 Å². The predicted molar refractivity (Wildman–Crippen MR) is 108 cm³/mol. The first-order valence-electron chi connectivity index (χ1n) is 9.16. The van der Waals surface area contributed by atoms with Crippen molar-refractivity contribution in [2.75, 3.05) is 5.75 Å². The Morgan fingerprint density at radius 1 is 1.41 bits per heavy atom. The van der Waals surface area contributed by atoms with E-state index in [4.69, 9.17) is 0 Å². The van der Waals surface area contributed by atoms with Crippen LogP contribution in [-0.2, 0) is 11.3 Å². The zero-order chi connectivity index (χ0) is 20.0. The molecule has 0 radical (unpaired) electrons. The smallest absolute Gasteiger partial charge is 0.231 e. The summed E-state index contributed by atoms with van der Waals surface area (Å²) in [6.45, 7) is 10.5. The quantitative estimate of drug-likeness (QED) is 0.699. The molecule has 0 aliphatic carbocycles. The first kappa shape index (κ1) is 21.0. The molecule has 1 aromatic carbocycles. The van der Waals surface area contributed by atoms with Gasteiger partial charge in [-0.25, -0.2) is 0 Å². The average molecular weight is 386 g/mol. The Labute approximate surface area is 165 Å². The first-order valence-corrected chi connectivity index (χ1v) is 10.1. The molecule has 27 heavy (non-hydrogen) atoms. The van der Waals surface area contributed by atoms with Crippen LogP contribution in [0.2, 0.25) is 0 Å². The number of amides is 1. The summed E-state index contributed by atoms with van der Waals surface area (Å²) in [5.74, 6) is 0.848. The van der Waals surface area contributed by atoms with Crippen LogP contribution in [0.25, 0.3) is 11.4 Å². The summed E-state index contributed by atoms with van der Waals surface area (Å²) in [7, 11) is 0. The maximum atomic E-state index is 12.3. The van der Waals surface area contributed by atoms with Gasteiger partial charge in [0.05, 0.1) is 11.8 Å². The van der Waals surface area contributed by atoms with Crippen LogP contribution < -0.4 is 5.32 Å². The van der Waals surface area contributed by atoms with Gasteiger partial charge in [0.2, 0.25) is 5.91 Å². The van der Waals surface area contributed by atoms with Crippen LogP contribution in [0.5, 0.6) is 0 Å². The van der Waals surface area contributed by atoms with E-state index in [9.17, 15) is 10.1 Å². The highest BCUT2D eigenvalue weighted by Crippen LogP contribution is 2.25. The standard InChI is InChI=1S/C20H27N5OS/c1-6-10-25-18(16-9-7-8-15(4)11-16)23-24-19(25)27-12-17(26)22-20(5,13-21)14(2)3/h7-9,11,14H,6,10,12H2,1-5H3,(H,22,26)/t20-/m0/s1. The summed E-state index contributed by atoms with van der Waals surface area (Å²) in [5, 5.41) is 21.6. The minimum Gasteiger partial charge on any atom is -0.337 e. The van der Waals surface area contributed by atoms with E-state index in [1.54, 1.807) is 6.92 Å². The number of nitrogens with one attached hydrogen (secondary N) is 1. The molecule has 144 valence electrons. The molecule has 0 bridgehead atoms. The predicted octanol–water partition coefficient (Wildman–Crippen LogP) is 3.81. The molecule has 0 saturated heterocycles. The van der Waals surface area contributed by atoms with E-state index in [2.05, 4.69) is 39.1 Å². The number of carbonyl (C=O) groups is 1. The number of nitriles is 1. The second-order valence-corrected chi connectivity index (χ2v) is 8.08. The number of nitrogens with zero attached hydrogens (tertiary/aromatic N) is 4. The van der Waals surface area contributed by atoms with Gasteiger partial charge < -0.3 is 9.88 Å². The molecule has 6 nitrogen and oxygen atoms in total. The maximum absolute atomic E-state index is 12.3. The van der Waals surface area contributed by atoms with Crippen molar-refractivity contribution >= 4 is 17.7 Å². The summed E-state index contributed by atoms with van der Waals surface area (Å²) in [6.07, 6.45) is 0.941. The fourth-order valence-electron chi connectivity index (χ4n) is 2.58. The minimum atomic E-state index is -0.874. The van der Waals surface area contributed by atoms with Crippen molar-refractivity contribution in [2.45, 2.75) is 58.3 Å². The molecule has 1 amide bonds. The molecule has 7 heteroatoms. The molecule has 1 aromatic heterocycles. The zero-order valence-corrected chi connectivity index (χ0v) is 17.4. The molecule has 1 heterocycles. The van der Waals surface area contributed by atoms with Gasteiger partial charge in [0.1, 0.15) is 5.54 Å². The largest absolute Gasteiger partial charge is 0.337 e. The molecule has 2 aromatic rings. The van der Waals surface area contributed by atoms with Crippen molar-refractivity contribution < 1.29 is 4.79 Å². The Morgan fingerprint density at radius 2 is 2.15 bits per heavy atom. The van der Waals surface area contributed by atoms with Gasteiger partial charge in [-0.05, 0) is 32.3 Å². The molecule has 0 aliphatic heterocycles. The lowest BCUT2D eigenvalue weighted by Crippen LogP contribution is -2.49. The van der Waals surface area contributed by atoms with Gasteiger partial charge in [-0.15, -0.1) is 10.2 Å². The number of aryl methyl sites for hydroxylation is 1. The average Bonchev–Trinajstić information content (AvgIpc) is 3.03. The third kappa shape index (κ3) is 5.10. The Kier molecular flexibility index (Phi) is 7.03. The second kappa shape index (κ2) is 9.05. The van der Waals surface area contributed by atoms with Crippen LogP contribution in [0.15, 0.2) is 29.4 Å². The molecule has 2 rings (SSSR count). The monoisotopic (exact) mass is 385 g/mol. The van der Waals surface area contributed by atoms with Gasteiger partial charge in [0, 0.05) is 12.1 Å². The van der Waals surface area contributed by atoms with E-state index in [0.717, 1.165) is 29.9 Å². The van der Waals surface area contributed by atoms with Gasteiger partial charge in [0.25, 0.3) is 0 Å². The number of thioether (sulfide) groups is 1.